The number of aromatic nitrogens is 1. The van der Waals surface area contributed by atoms with E-state index in [1.807, 2.05) is 9.80 Å². The van der Waals surface area contributed by atoms with Crippen LogP contribution in [0.15, 0.2) is 12.3 Å². The maximum Gasteiger partial charge on any atom is 0.270 e. The minimum absolute atomic E-state index is 0.0529. The maximum atomic E-state index is 12.7. The average Bonchev–Trinajstić information content (AvgIpc) is 3.38. The fraction of sp³-hybridized carbons (Fsp3) is 0.667. The van der Waals surface area contributed by atoms with Gasteiger partial charge in [-0.25, -0.2) is 0 Å². The van der Waals surface area contributed by atoms with Crippen molar-refractivity contribution in [2.24, 2.45) is 11.7 Å². The number of primary amides is 1. The zero-order valence-electron chi connectivity index (χ0n) is 16.6. The predicted molar refractivity (Wildman–Crippen MR) is 107 cm³/mol. The highest BCUT2D eigenvalue weighted by Gasteiger charge is 2.23. The zero-order valence-corrected chi connectivity index (χ0v) is 16.6. The predicted octanol–water partition coefficient (Wildman–Crippen LogP) is 2.19. The number of carbonyl (C=O) groups is 3. The number of hydrogen-bond donors (Lipinski definition) is 2. The summed E-state index contributed by atoms with van der Waals surface area (Å²) in [5.74, 6) is 0.107. The van der Waals surface area contributed by atoms with Crippen molar-refractivity contribution in [1.82, 2.24) is 14.8 Å². The highest BCUT2D eigenvalue weighted by Crippen LogP contribution is 2.26. The van der Waals surface area contributed by atoms with Gasteiger partial charge in [0.1, 0.15) is 5.69 Å². The lowest BCUT2D eigenvalue weighted by molar-refractivity contribution is -0.119. The molecule has 1 saturated heterocycles. The summed E-state index contributed by atoms with van der Waals surface area (Å²) in [6, 6.07) is 1.63. The summed E-state index contributed by atoms with van der Waals surface area (Å²) in [7, 11) is 0. The number of amides is 2. The van der Waals surface area contributed by atoms with E-state index in [9.17, 15) is 14.4 Å². The second kappa shape index (κ2) is 9.87. The number of H-pyrrole nitrogens is 1. The van der Waals surface area contributed by atoms with Crippen molar-refractivity contribution in [1.29, 1.82) is 0 Å². The summed E-state index contributed by atoms with van der Waals surface area (Å²) >= 11 is 0. The molecule has 1 aliphatic heterocycles. The molecule has 0 atom stereocenters. The SMILES string of the molecule is NC(=O)CN(CCC1CCCCC1)CC(=O)c1c[nH]c(C(=O)N2CCCC2)c1. The number of nitrogens with zero attached hydrogens (tertiary/aromatic N) is 2. The normalized spacial score (nSPS) is 18.0. The molecular formula is C21H32N4O3. The van der Waals surface area contributed by atoms with Crippen LogP contribution in [-0.2, 0) is 4.79 Å². The third kappa shape index (κ3) is 5.67. The molecule has 7 heteroatoms. The first-order valence-electron chi connectivity index (χ1n) is 10.5. The number of likely N-dealkylation sites (tertiary alicyclic amines) is 1. The number of ketones is 1. The topological polar surface area (TPSA) is 99.5 Å². The van der Waals surface area contributed by atoms with Crippen LogP contribution >= 0.6 is 0 Å². The summed E-state index contributed by atoms with van der Waals surface area (Å²) in [5, 5.41) is 0. The molecule has 1 saturated carbocycles. The molecule has 7 nitrogen and oxygen atoms in total. The van der Waals surface area contributed by atoms with E-state index < -0.39 is 5.91 Å². The Morgan fingerprint density at radius 2 is 1.79 bits per heavy atom. The van der Waals surface area contributed by atoms with Crippen LogP contribution in [0.2, 0.25) is 0 Å². The fourth-order valence-electron chi connectivity index (χ4n) is 4.34. The Morgan fingerprint density at radius 3 is 2.46 bits per heavy atom. The van der Waals surface area contributed by atoms with Crippen molar-refractivity contribution in [2.45, 2.75) is 51.4 Å². The van der Waals surface area contributed by atoms with Gasteiger partial charge in [0.2, 0.25) is 5.91 Å². The molecule has 0 unspecified atom stereocenters. The Bertz CT molecular complexity index is 688. The Kier molecular flexibility index (Phi) is 7.25. The molecule has 3 rings (SSSR count). The van der Waals surface area contributed by atoms with Gasteiger partial charge in [0, 0.05) is 24.8 Å². The van der Waals surface area contributed by atoms with Crippen molar-refractivity contribution in [2.75, 3.05) is 32.7 Å². The first-order valence-corrected chi connectivity index (χ1v) is 10.5. The van der Waals surface area contributed by atoms with E-state index in [1.54, 1.807) is 12.3 Å². The highest BCUT2D eigenvalue weighted by atomic mass is 16.2. The molecular weight excluding hydrogens is 356 g/mol. The summed E-state index contributed by atoms with van der Waals surface area (Å²) in [6.07, 6.45) is 11.0. The van der Waals surface area contributed by atoms with Gasteiger partial charge in [-0.3, -0.25) is 19.3 Å². The number of nitrogens with two attached hydrogens (primary N) is 1. The maximum absolute atomic E-state index is 12.7. The molecule has 1 aromatic heterocycles. The van der Waals surface area contributed by atoms with E-state index in [2.05, 4.69) is 4.98 Å². The monoisotopic (exact) mass is 388 g/mol. The largest absolute Gasteiger partial charge is 0.369 e. The van der Waals surface area contributed by atoms with E-state index in [1.165, 1.54) is 32.1 Å². The molecule has 154 valence electrons. The lowest BCUT2D eigenvalue weighted by atomic mass is 9.87. The van der Waals surface area contributed by atoms with Crippen molar-refractivity contribution < 1.29 is 14.4 Å². The molecule has 28 heavy (non-hydrogen) atoms. The van der Waals surface area contributed by atoms with Gasteiger partial charge < -0.3 is 15.6 Å². The number of hydrogen-bond acceptors (Lipinski definition) is 4. The molecule has 0 aromatic carbocycles. The number of Topliss-reactive ketones (excluding diaryl/α,β-unsaturated/α-hetero) is 1. The van der Waals surface area contributed by atoms with Crippen LogP contribution in [0.25, 0.3) is 0 Å². The van der Waals surface area contributed by atoms with Crippen LogP contribution in [0.4, 0.5) is 0 Å². The van der Waals surface area contributed by atoms with Crippen LogP contribution in [-0.4, -0.2) is 65.1 Å². The Hall–Kier alpha value is -2.15. The van der Waals surface area contributed by atoms with E-state index in [0.29, 0.717) is 23.7 Å². The number of nitrogens with one attached hydrogen (secondary N) is 1. The van der Waals surface area contributed by atoms with Gasteiger partial charge in [-0.05, 0) is 37.8 Å². The van der Waals surface area contributed by atoms with Gasteiger partial charge in [0.25, 0.3) is 5.91 Å². The van der Waals surface area contributed by atoms with Crippen LogP contribution in [0, 0.1) is 5.92 Å². The molecule has 0 radical (unpaired) electrons. The highest BCUT2D eigenvalue weighted by molar-refractivity contribution is 6.01. The Labute approximate surface area is 166 Å². The Balaban J connectivity index is 1.56. The molecule has 1 aromatic rings. The summed E-state index contributed by atoms with van der Waals surface area (Å²) in [6.45, 7) is 2.47. The van der Waals surface area contributed by atoms with Crippen LogP contribution in [0.3, 0.4) is 0 Å². The number of aromatic amines is 1. The smallest absolute Gasteiger partial charge is 0.270 e. The van der Waals surface area contributed by atoms with E-state index in [-0.39, 0.29) is 24.8 Å². The van der Waals surface area contributed by atoms with E-state index in [4.69, 9.17) is 5.73 Å². The third-order valence-corrected chi connectivity index (χ3v) is 5.95. The Morgan fingerprint density at radius 1 is 1.07 bits per heavy atom. The van der Waals surface area contributed by atoms with Gasteiger partial charge in [0.05, 0.1) is 13.1 Å². The standard InChI is InChI=1S/C21H32N4O3/c22-20(27)15-24(11-8-16-6-2-1-3-7-16)14-19(26)17-12-18(23-13-17)21(28)25-9-4-5-10-25/h12-13,16,23H,1-11,14-15H2,(H2,22,27). The first kappa shape index (κ1) is 20.6. The summed E-state index contributed by atoms with van der Waals surface area (Å²) < 4.78 is 0. The minimum Gasteiger partial charge on any atom is -0.369 e. The molecule has 2 aliphatic rings. The van der Waals surface area contributed by atoms with Crippen molar-refractivity contribution in [3.05, 3.63) is 23.5 Å². The van der Waals surface area contributed by atoms with Crippen LogP contribution in [0.5, 0.6) is 0 Å². The van der Waals surface area contributed by atoms with Gasteiger partial charge in [-0.2, -0.15) is 0 Å². The summed E-state index contributed by atoms with van der Waals surface area (Å²) in [5.41, 5.74) is 6.32. The van der Waals surface area contributed by atoms with Crippen molar-refractivity contribution >= 4 is 17.6 Å². The molecule has 3 N–H and O–H groups in total. The van der Waals surface area contributed by atoms with Crippen LogP contribution in [0.1, 0.15) is 72.2 Å². The minimum atomic E-state index is -0.421. The quantitative estimate of drug-likeness (QED) is 0.633. The first-order chi connectivity index (χ1) is 13.5. The lowest BCUT2D eigenvalue weighted by Gasteiger charge is -2.25. The fourth-order valence-corrected chi connectivity index (χ4v) is 4.34. The molecule has 2 fully saturated rings. The van der Waals surface area contributed by atoms with Gasteiger partial charge in [-0.15, -0.1) is 0 Å². The molecule has 0 bridgehead atoms. The van der Waals surface area contributed by atoms with Crippen LogP contribution < -0.4 is 5.73 Å². The second-order valence-electron chi connectivity index (χ2n) is 8.19. The van der Waals surface area contributed by atoms with E-state index in [0.717, 1.165) is 32.4 Å². The van der Waals surface area contributed by atoms with Gasteiger partial charge in [0.15, 0.2) is 5.78 Å². The molecule has 1 aliphatic carbocycles. The molecule has 0 spiro atoms. The second-order valence-corrected chi connectivity index (χ2v) is 8.19. The molecule has 2 amide bonds. The number of carbonyl (C=O) groups excluding carboxylic acids is 3. The number of rotatable bonds is 9. The van der Waals surface area contributed by atoms with Gasteiger partial charge in [-0.1, -0.05) is 32.1 Å². The third-order valence-electron chi connectivity index (χ3n) is 5.95. The lowest BCUT2D eigenvalue weighted by Crippen LogP contribution is -2.38. The van der Waals surface area contributed by atoms with Crippen molar-refractivity contribution in [3.8, 4) is 0 Å². The van der Waals surface area contributed by atoms with E-state index >= 15 is 0 Å². The average molecular weight is 389 g/mol. The molecule has 2 heterocycles. The van der Waals surface area contributed by atoms with Crippen molar-refractivity contribution in [3.63, 3.8) is 0 Å². The van der Waals surface area contributed by atoms with Gasteiger partial charge >= 0.3 is 0 Å². The summed E-state index contributed by atoms with van der Waals surface area (Å²) in [4.78, 5) is 43.2. The zero-order chi connectivity index (χ0) is 19.9.